The quantitative estimate of drug-likeness (QED) is 0.675. The summed E-state index contributed by atoms with van der Waals surface area (Å²) in [6.45, 7) is 3.20. The highest BCUT2D eigenvalue weighted by atomic mass is 35.5. The van der Waals surface area contributed by atoms with Gasteiger partial charge < -0.3 is 5.73 Å². The maximum atomic E-state index is 6.18. The lowest BCUT2D eigenvalue weighted by atomic mass is 10.1. The van der Waals surface area contributed by atoms with Crippen molar-refractivity contribution in [3.05, 3.63) is 77.3 Å². The molecule has 0 atom stereocenters. The van der Waals surface area contributed by atoms with Crippen LogP contribution in [0.2, 0.25) is 5.02 Å². The molecule has 6 heteroatoms. The number of nitrogens with two attached hydrogens (primary N) is 1. The van der Waals surface area contributed by atoms with Gasteiger partial charge in [-0.1, -0.05) is 48.0 Å². The second kappa shape index (κ2) is 8.76. The maximum absolute atomic E-state index is 6.18. The van der Waals surface area contributed by atoms with E-state index in [4.69, 9.17) is 17.3 Å². The first-order chi connectivity index (χ1) is 12.3. The maximum Gasteiger partial charge on any atom is 0.138 e. The third-order valence-corrected chi connectivity index (χ3v) is 4.35. The van der Waals surface area contributed by atoms with Gasteiger partial charge in [-0.05, 0) is 29.7 Å². The van der Waals surface area contributed by atoms with E-state index in [0.29, 0.717) is 11.6 Å². The minimum Gasteiger partial charge on any atom is -0.329 e. The SMILES string of the molecule is NCCN(CCc1ccccc1)Cc1ccc(Cl)cc1-n1cncn1. The number of hydrogen-bond donors (Lipinski definition) is 1. The van der Waals surface area contributed by atoms with Crippen LogP contribution in [0, 0.1) is 0 Å². The highest BCUT2D eigenvalue weighted by Gasteiger charge is 2.11. The molecule has 0 radical (unpaired) electrons. The van der Waals surface area contributed by atoms with Crippen LogP contribution in [0.4, 0.5) is 0 Å². The van der Waals surface area contributed by atoms with Crippen LogP contribution in [-0.2, 0) is 13.0 Å². The van der Waals surface area contributed by atoms with E-state index in [2.05, 4.69) is 39.2 Å². The molecular formula is C19H22ClN5. The summed E-state index contributed by atoms with van der Waals surface area (Å²) >= 11 is 6.18. The van der Waals surface area contributed by atoms with Crippen molar-refractivity contribution >= 4 is 11.6 Å². The molecule has 0 bridgehead atoms. The Morgan fingerprint density at radius 2 is 1.92 bits per heavy atom. The van der Waals surface area contributed by atoms with Crippen LogP contribution in [0.1, 0.15) is 11.1 Å². The van der Waals surface area contributed by atoms with E-state index in [9.17, 15) is 0 Å². The molecule has 5 nitrogen and oxygen atoms in total. The fourth-order valence-electron chi connectivity index (χ4n) is 2.84. The second-order valence-electron chi connectivity index (χ2n) is 5.91. The number of benzene rings is 2. The van der Waals surface area contributed by atoms with Gasteiger partial charge in [-0.25, -0.2) is 9.67 Å². The average molecular weight is 356 g/mol. The summed E-state index contributed by atoms with van der Waals surface area (Å²) in [6, 6.07) is 16.4. The molecule has 0 fully saturated rings. The third kappa shape index (κ3) is 4.89. The predicted molar refractivity (Wildman–Crippen MR) is 101 cm³/mol. The van der Waals surface area contributed by atoms with E-state index in [1.165, 1.54) is 11.9 Å². The summed E-state index contributed by atoms with van der Waals surface area (Å²) in [6.07, 6.45) is 4.21. The molecule has 0 aliphatic heterocycles. The molecule has 3 rings (SSSR count). The Hall–Kier alpha value is -2.21. The van der Waals surface area contributed by atoms with E-state index in [-0.39, 0.29) is 0 Å². The molecule has 2 N–H and O–H groups in total. The third-order valence-electron chi connectivity index (χ3n) is 4.11. The van der Waals surface area contributed by atoms with E-state index in [1.54, 1.807) is 11.0 Å². The topological polar surface area (TPSA) is 60.0 Å². The Morgan fingerprint density at radius 3 is 2.64 bits per heavy atom. The van der Waals surface area contributed by atoms with Crippen molar-refractivity contribution in [2.75, 3.05) is 19.6 Å². The zero-order chi connectivity index (χ0) is 17.5. The van der Waals surface area contributed by atoms with Gasteiger partial charge in [-0.2, -0.15) is 5.10 Å². The van der Waals surface area contributed by atoms with Gasteiger partial charge in [0.25, 0.3) is 0 Å². The van der Waals surface area contributed by atoms with Crippen molar-refractivity contribution in [2.45, 2.75) is 13.0 Å². The van der Waals surface area contributed by atoms with Crippen molar-refractivity contribution in [3.63, 3.8) is 0 Å². The number of aromatic nitrogens is 3. The van der Waals surface area contributed by atoms with Gasteiger partial charge in [0.2, 0.25) is 0 Å². The number of rotatable bonds is 8. The molecule has 0 unspecified atom stereocenters. The molecule has 25 heavy (non-hydrogen) atoms. The van der Waals surface area contributed by atoms with Gasteiger partial charge in [0.15, 0.2) is 0 Å². The number of halogens is 1. The van der Waals surface area contributed by atoms with Crippen LogP contribution < -0.4 is 5.73 Å². The van der Waals surface area contributed by atoms with Crippen molar-refractivity contribution < 1.29 is 0 Å². The monoisotopic (exact) mass is 355 g/mol. The molecule has 0 aliphatic carbocycles. The fourth-order valence-corrected chi connectivity index (χ4v) is 3.01. The zero-order valence-corrected chi connectivity index (χ0v) is 14.8. The molecule has 0 saturated heterocycles. The van der Waals surface area contributed by atoms with Crippen LogP contribution in [0.3, 0.4) is 0 Å². The summed E-state index contributed by atoms with van der Waals surface area (Å²) in [4.78, 5) is 6.39. The first kappa shape index (κ1) is 17.6. The summed E-state index contributed by atoms with van der Waals surface area (Å²) in [5.74, 6) is 0. The van der Waals surface area contributed by atoms with Gasteiger partial charge in [-0.15, -0.1) is 0 Å². The van der Waals surface area contributed by atoms with Crippen LogP contribution in [0.15, 0.2) is 61.2 Å². The smallest absolute Gasteiger partial charge is 0.138 e. The first-order valence-corrected chi connectivity index (χ1v) is 8.74. The fraction of sp³-hybridized carbons (Fsp3) is 0.263. The van der Waals surface area contributed by atoms with Crippen molar-refractivity contribution in [1.82, 2.24) is 19.7 Å². The van der Waals surface area contributed by atoms with Gasteiger partial charge >= 0.3 is 0 Å². The second-order valence-corrected chi connectivity index (χ2v) is 6.35. The molecule has 3 aromatic rings. The molecule has 0 amide bonds. The lowest BCUT2D eigenvalue weighted by Gasteiger charge is -2.23. The summed E-state index contributed by atoms with van der Waals surface area (Å²) < 4.78 is 1.75. The van der Waals surface area contributed by atoms with E-state index in [0.717, 1.165) is 37.3 Å². The average Bonchev–Trinajstić information content (AvgIpc) is 3.17. The highest BCUT2D eigenvalue weighted by Crippen LogP contribution is 2.21. The lowest BCUT2D eigenvalue weighted by Crippen LogP contribution is -2.31. The molecule has 1 heterocycles. The first-order valence-electron chi connectivity index (χ1n) is 8.36. The summed E-state index contributed by atoms with van der Waals surface area (Å²) in [7, 11) is 0. The molecule has 130 valence electrons. The molecule has 0 aliphatic rings. The molecule has 0 spiro atoms. The summed E-state index contributed by atoms with van der Waals surface area (Å²) in [5, 5.41) is 4.92. The molecule has 2 aromatic carbocycles. The summed E-state index contributed by atoms with van der Waals surface area (Å²) in [5.41, 5.74) is 9.25. The van der Waals surface area contributed by atoms with Gasteiger partial charge in [0.1, 0.15) is 12.7 Å². The van der Waals surface area contributed by atoms with Gasteiger partial charge in [0, 0.05) is 31.2 Å². The lowest BCUT2D eigenvalue weighted by molar-refractivity contribution is 0.276. The van der Waals surface area contributed by atoms with Crippen LogP contribution >= 0.6 is 11.6 Å². The minimum atomic E-state index is 0.626. The van der Waals surface area contributed by atoms with E-state index >= 15 is 0 Å². The van der Waals surface area contributed by atoms with E-state index < -0.39 is 0 Å². The normalized spacial score (nSPS) is 11.2. The molecular weight excluding hydrogens is 334 g/mol. The van der Waals surface area contributed by atoms with Crippen molar-refractivity contribution in [1.29, 1.82) is 0 Å². The van der Waals surface area contributed by atoms with Crippen molar-refractivity contribution in [2.24, 2.45) is 5.73 Å². The van der Waals surface area contributed by atoms with Gasteiger partial charge in [0.05, 0.1) is 5.69 Å². The molecule has 1 aromatic heterocycles. The largest absolute Gasteiger partial charge is 0.329 e. The standard InChI is InChI=1S/C19H22ClN5/c20-18-7-6-17(19(12-18)25-15-22-14-23-25)13-24(11-9-21)10-8-16-4-2-1-3-5-16/h1-7,12,14-15H,8-11,13,21H2. The van der Waals surface area contributed by atoms with Crippen molar-refractivity contribution in [3.8, 4) is 5.69 Å². The Kier molecular flexibility index (Phi) is 6.17. The molecule has 0 saturated carbocycles. The Bertz CT molecular complexity index is 774. The van der Waals surface area contributed by atoms with Crippen LogP contribution in [0.5, 0.6) is 0 Å². The van der Waals surface area contributed by atoms with E-state index in [1.807, 2.05) is 24.3 Å². The van der Waals surface area contributed by atoms with Crippen LogP contribution in [-0.4, -0.2) is 39.3 Å². The van der Waals surface area contributed by atoms with Crippen LogP contribution in [0.25, 0.3) is 5.69 Å². The highest BCUT2D eigenvalue weighted by molar-refractivity contribution is 6.30. The van der Waals surface area contributed by atoms with Gasteiger partial charge in [-0.3, -0.25) is 4.90 Å². The number of hydrogen-bond acceptors (Lipinski definition) is 4. The Labute approximate surface area is 153 Å². The Morgan fingerprint density at radius 1 is 1.08 bits per heavy atom. The predicted octanol–water partition coefficient (Wildman–Crippen LogP) is 2.92. The minimum absolute atomic E-state index is 0.626. The Balaban J connectivity index is 1.76. The zero-order valence-electron chi connectivity index (χ0n) is 14.1. The number of nitrogens with zero attached hydrogens (tertiary/aromatic N) is 4.